The van der Waals surface area contributed by atoms with Crippen LogP contribution >= 0.6 is 11.3 Å². The molecule has 0 bridgehead atoms. The maximum absolute atomic E-state index is 12.8. The highest BCUT2D eigenvalue weighted by Crippen LogP contribution is 2.27. The Bertz CT molecular complexity index is 1080. The van der Waals surface area contributed by atoms with E-state index in [4.69, 9.17) is 0 Å². The minimum Gasteiger partial charge on any atom is -0.310 e. The van der Waals surface area contributed by atoms with E-state index in [9.17, 15) is 4.79 Å². The zero-order valence-corrected chi connectivity index (χ0v) is 15.2. The van der Waals surface area contributed by atoms with Crippen LogP contribution in [-0.4, -0.2) is 25.4 Å². The van der Waals surface area contributed by atoms with Gasteiger partial charge >= 0.3 is 0 Å². The first-order valence-corrected chi connectivity index (χ1v) is 9.14. The number of benzene rings is 1. The van der Waals surface area contributed by atoms with E-state index in [2.05, 4.69) is 20.3 Å². The zero-order chi connectivity index (χ0) is 18.1. The number of pyridine rings is 1. The summed E-state index contributed by atoms with van der Waals surface area (Å²) in [7, 11) is 0. The summed E-state index contributed by atoms with van der Waals surface area (Å²) in [6, 6.07) is 13.5. The molecule has 0 aliphatic heterocycles. The van der Waals surface area contributed by atoms with Crippen molar-refractivity contribution >= 4 is 34.2 Å². The fraction of sp³-hybridized carbons (Fsp3) is 0.158. The number of nitrogens with one attached hydrogen (secondary N) is 1. The molecule has 0 saturated carbocycles. The van der Waals surface area contributed by atoms with Crippen LogP contribution in [0.5, 0.6) is 0 Å². The quantitative estimate of drug-likeness (QED) is 0.591. The van der Waals surface area contributed by atoms with Crippen LogP contribution in [0.1, 0.15) is 22.3 Å². The molecular weight excluding hydrogens is 346 g/mol. The molecule has 0 radical (unpaired) electrons. The molecule has 4 aromatic rings. The average molecular weight is 363 g/mol. The van der Waals surface area contributed by atoms with Gasteiger partial charge in [0, 0.05) is 12.7 Å². The van der Waals surface area contributed by atoms with E-state index >= 15 is 0 Å². The number of carbonyl (C=O) groups is 1. The van der Waals surface area contributed by atoms with Gasteiger partial charge in [0.25, 0.3) is 5.91 Å². The molecule has 6 nitrogen and oxygen atoms in total. The van der Waals surface area contributed by atoms with E-state index in [0.717, 1.165) is 28.3 Å². The van der Waals surface area contributed by atoms with Crippen LogP contribution in [0.2, 0.25) is 0 Å². The lowest BCUT2D eigenvalue weighted by molar-refractivity contribution is 0.102. The van der Waals surface area contributed by atoms with Gasteiger partial charge in [-0.05, 0) is 38.1 Å². The summed E-state index contributed by atoms with van der Waals surface area (Å²) in [6.45, 7) is 4.58. The molecule has 26 heavy (non-hydrogen) atoms. The van der Waals surface area contributed by atoms with Gasteiger partial charge in [-0.2, -0.15) is 0 Å². The van der Waals surface area contributed by atoms with Gasteiger partial charge < -0.3 is 4.57 Å². The van der Waals surface area contributed by atoms with E-state index in [-0.39, 0.29) is 5.91 Å². The lowest BCUT2D eigenvalue weighted by atomic mass is 10.3. The van der Waals surface area contributed by atoms with Gasteiger partial charge in [0.15, 0.2) is 0 Å². The Morgan fingerprint density at radius 3 is 2.73 bits per heavy atom. The highest BCUT2D eigenvalue weighted by atomic mass is 32.1. The Balaban J connectivity index is 1.66. The molecule has 3 aromatic heterocycles. The van der Waals surface area contributed by atoms with E-state index in [1.807, 2.05) is 60.9 Å². The number of anilines is 1. The van der Waals surface area contributed by atoms with E-state index < -0.39 is 0 Å². The van der Waals surface area contributed by atoms with Crippen molar-refractivity contribution in [2.24, 2.45) is 0 Å². The van der Waals surface area contributed by atoms with Crippen LogP contribution in [0.25, 0.3) is 21.7 Å². The number of imidazole rings is 1. The van der Waals surface area contributed by atoms with Crippen molar-refractivity contribution in [2.75, 3.05) is 5.32 Å². The molecule has 0 atom stereocenters. The lowest BCUT2D eigenvalue weighted by Crippen LogP contribution is -2.15. The number of hydrogen-bond donors (Lipinski definition) is 1. The summed E-state index contributed by atoms with van der Waals surface area (Å²) >= 11 is 1.34. The Hall–Kier alpha value is -3.06. The predicted octanol–water partition coefficient (Wildman–Crippen LogP) is 4.14. The van der Waals surface area contributed by atoms with Crippen LogP contribution in [0, 0.1) is 6.92 Å². The SMILES string of the molecule is CCn1c(NC(=O)c2sc(-c3ccccn3)nc2C)nc2ccccc21. The van der Waals surface area contributed by atoms with Crippen molar-refractivity contribution < 1.29 is 4.79 Å². The van der Waals surface area contributed by atoms with Gasteiger partial charge in [-0.15, -0.1) is 11.3 Å². The minimum atomic E-state index is -0.202. The molecule has 0 aliphatic rings. The third-order valence-corrected chi connectivity index (χ3v) is 5.26. The summed E-state index contributed by atoms with van der Waals surface area (Å²) in [6.07, 6.45) is 1.72. The third kappa shape index (κ3) is 2.86. The first kappa shape index (κ1) is 16.4. The first-order chi connectivity index (χ1) is 12.7. The number of hydrogen-bond acceptors (Lipinski definition) is 5. The third-order valence-electron chi connectivity index (χ3n) is 4.08. The standard InChI is InChI=1S/C19H17N5OS/c1-3-24-15-10-5-4-8-13(15)22-19(24)23-17(25)16-12(2)21-18(26-16)14-9-6-7-11-20-14/h4-11H,3H2,1-2H3,(H,22,23,25). The molecule has 0 unspecified atom stereocenters. The maximum atomic E-state index is 12.8. The second-order valence-electron chi connectivity index (χ2n) is 5.77. The number of thiazole rings is 1. The Morgan fingerprint density at radius 1 is 1.15 bits per heavy atom. The molecule has 7 heteroatoms. The predicted molar refractivity (Wildman–Crippen MR) is 103 cm³/mol. The van der Waals surface area contributed by atoms with Crippen molar-refractivity contribution in [3.8, 4) is 10.7 Å². The number of aromatic nitrogens is 4. The highest BCUT2D eigenvalue weighted by Gasteiger charge is 2.19. The van der Waals surface area contributed by atoms with Gasteiger partial charge in [0.2, 0.25) is 5.95 Å². The monoisotopic (exact) mass is 363 g/mol. The second-order valence-corrected chi connectivity index (χ2v) is 6.77. The van der Waals surface area contributed by atoms with Crippen LogP contribution in [0.15, 0.2) is 48.7 Å². The molecule has 0 fully saturated rings. The number of aryl methyl sites for hydroxylation is 2. The average Bonchev–Trinajstić information content (AvgIpc) is 3.22. The number of amides is 1. The van der Waals surface area contributed by atoms with Crippen LogP contribution in [0.4, 0.5) is 5.95 Å². The smallest absolute Gasteiger partial charge is 0.269 e. The summed E-state index contributed by atoms with van der Waals surface area (Å²) in [4.78, 5) is 26.7. The van der Waals surface area contributed by atoms with Gasteiger partial charge in [-0.3, -0.25) is 15.1 Å². The Kier molecular flexibility index (Phi) is 4.22. The summed E-state index contributed by atoms with van der Waals surface area (Å²) in [5.74, 6) is 0.345. The lowest BCUT2D eigenvalue weighted by Gasteiger charge is -2.06. The van der Waals surface area contributed by atoms with Crippen molar-refractivity contribution in [1.29, 1.82) is 0 Å². The van der Waals surface area contributed by atoms with Crippen LogP contribution in [0.3, 0.4) is 0 Å². The fourth-order valence-electron chi connectivity index (χ4n) is 2.86. The molecule has 1 N–H and O–H groups in total. The molecule has 3 heterocycles. The van der Waals surface area contributed by atoms with E-state index in [0.29, 0.717) is 16.5 Å². The molecule has 1 aromatic carbocycles. The van der Waals surface area contributed by atoms with E-state index in [1.54, 1.807) is 6.20 Å². The summed E-state index contributed by atoms with van der Waals surface area (Å²) < 4.78 is 1.99. The number of nitrogens with zero attached hydrogens (tertiary/aromatic N) is 4. The van der Waals surface area contributed by atoms with E-state index in [1.165, 1.54) is 11.3 Å². The first-order valence-electron chi connectivity index (χ1n) is 8.33. The van der Waals surface area contributed by atoms with Crippen molar-refractivity contribution in [3.05, 3.63) is 59.2 Å². The zero-order valence-electron chi connectivity index (χ0n) is 14.4. The number of carbonyl (C=O) groups excluding carboxylic acids is 1. The summed E-state index contributed by atoms with van der Waals surface area (Å²) in [5, 5.41) is 3.67. The van der Waals surface area contributed by atoms with Crippen LogP contribution in [-0.2, 0) is 6.54 Å². The maximum Gasteiger partial charge on any atom is 0.269 e. The normalized spacial score (nSPS) is 11.0. The number of rotatable bonds is 4. The van der Waals surface area contributed by atoms with Crippen molar-refractivity contribution in [3.63, 3.8) is 0 Å². The molecule has 1 amide bonds. The molecule has 4 rings (SSSR count). The van der Waals surface area contributed by atoms with Gasteiger partial charge in [-0.1, -0.05) is 18.2 Å². The van der Waals surface area contributed by atoms with Crippen molar-refractivity contribution in [2.45, 2.75) is 20.4 Å². The number of para-hydroxylation sites is 2. The van der Waals surface area contributed by atoms with Crippen molar-refractivity contribution in [1.82, 2.24) is 19.5 Å². The Morgan fingerprint density at radius 2 is 1.96 bits per heavy atom. The number of fused-ring (bicyclic) bond motifs is 1. The van der Waals surface area contributed by atoms with Gasteiger partial charge in [0.05, 0.1) is 22.4 Å². The molecular formula is C19H17N5OS. The van der Waals surface area contributed by atoms with Gasteiger partial charge in [0.1, 0.15) is 9.88 Å². The second kappa shape index (κ2) is 6.68. The summed E-state index contributed by atoms with van der Waals surface area (Å²) in [5.41, 5.74) is 3.31. The fourth-order valence-corrected chi connectivity index (χ4v) is 3.79. The molecule has 0 saturated heterocycles. The molecule has 0 aliphatic carbocycles. The minimum absolute atomic E-state index is 0.202. The molecule has 130 valence electrons. The molecule has 0 spiro atoms. The van der Waals surface area contributed by atoms with Crippen LogP contribution < -0.4 is 5.32 Å². The highest BCUT2D eigenvalue weighted by molar-refractivity contribution is 7.17. The Labute approximate surface area is 154 Å². The topological polar surface area (TPSA) is 72.7 Å². The largest absolute Gasteiger partial charge is 0.310 e. The van der Waals surface area contributed by atoms with Gasteiger partial charge in [-0.25, -0.2) is 9.97 Å².